The van der Waals surface area contributed by atoms with Crippen LogP contribution in [0.1, 0.15) is 5.56 Å². The van der Waals surface area contributed by atoms with E-state index in [4.69, 9.17) is 0 Å². The molecule has 1 aromatic rings. The highest BCUT2D eigenvalue weighted by atomic mass is 79.9. The summed E-state index contributed by atoms with van der Waals surface area (Å²) in [7, 11) is 4.32. The SMILES string of the molecule is CN1CCN(C)C(CNCc2cc(F)cc(Br)c2)C1. The third-order valence-electron chi connectivity index (χ3n) is 3.61. The standard InChI is InChI=1S/C14H21BrFN3/c1-18-3-4-19(2)14(10-18)9-17-8-11-5-12(15)7-13(16)6-11/h5-7,14,17H,3-4,8-10H2,1-2H3. The zero-order valence-corrected chi connectivity index (χ0v) is 13.1. The van der Waals surface area contributed by atoms with Crippen molar-refractivity contribution >= 4 is 15.9 Å². The smallest absolute Gasteiger partial charge is 0.124 e. The lowest BCUT2D eigenvalue weighted by Gasteiger charge is -2.37. The van der Waals surface area contributed by atoms with E-state index in [-0.39, 0.29) is 5.82 Å². The van der Waals surface area contributed by atoms with Crippen molar-refractivity contribution in [2.75, 3.05) is 40.3 Å². The molecule has 1 N–H and O–H groups in total. The van der Waals surface area contributed by atoms with Crippen LogP contribution in [-0.4, -0.2) is 56.1 Å². The Morgan fingerprint density at radius 2 is 2.11 bits per heavy atom. The minimum absolute atomic E-state index is 0.194. The first-order valence-electron chi connectivity index (χ1n) is 6.59. The molecule has 0 saturated carbocycles. The second-order valence-corrected chi connectivity index (χ2v) is 6.22. The van der Waals surface area contributed by atoms with Gasteiger partial charge in [0.25, 0.3) is 0 Å². The fourth-order valence-corrected chi connectivity index (χ4v) is 2.93. The van der Waals surface area contributed by atoms with Gasteiger partial charge < -0.3 is 10.2 Å². The van der Waals surface area contributed by atoms with Gasteiger partial charge in [-0.2, -0.15) is 0 Å². The lowest BCUT2D eigenvalue weighted by molar-refractivity contribution is 0.113. The summed E-state index contributed by atoms with van der Waals surface area (Å²) in [6.07, 6.45) is 0. The summed E-state index contributed by atoms with van der Waals surface area (Å²) >= 11 is 3.32. The minimum Gasteiger partial charge on any atom is -0.311 e. The van der Waals surface area contributed by atoms with Crippen molar-refractivity contribution in [3.8, 4) is 0 Å². The molecule has 1 aliphatic rings. The number of hydrogen-bond acceptors (Lipinski definition) is 3. The van der Waals surface area contributed by atoms with E-state index >= 15 is 0 Å². The van der Waals surface area contributed by atoms with Crippen molar-refractivity contribution in [1.82, 2.24) is 15.1 Å². The monoisotopic (exact) mass is 329 g/mol. The van der Waals surface area contributed by atoms with Gasteiger partial charge in [0.05, 0.1) is 0 Å². The van der Waals surface area contributed by atoms with E-state index in [2.05, 4.69) is 45.1 Å². The van der Waals surface area contributed by atoms with E-state index in [1.54, 1.807) is 6.07 Å². The Hall–Kier alpha value is -0.490. The van der Waals surface area contributed by atoms with Crippen LogP contribution in [0.2, 0.25) is 0 Å². The first kappa shape index (κ1) is 14.9. The Bertz CT molecular complexity index is 407. The van der Waals surface area contributed by atoms with E-state index in [0.717, 1.165) is 36.2 Å². The first-order valence-corrected chi connectivity index (χ1v) is 7.38. The maximum atomic E-state index is 13.3. The second-order valence-electron chi connectivity index (χ2n) is 5.31. The van der Waals surface area contributed by atoms with Crippen molar-refractivity contribution in [3.63, 3.8) is 0 Å². The number of rotatable bonds is 4. The topological polar surface area (TPSA) is 18.5 Å². The van der Waals surface area contributed by atoms with Crippen LogP contribution in [0.15, 0.2) is 22.7 Å². The number of benzene rings is 1. The zero-order valence-electron chi connectivity index (χ0n) is 11.5. The van der Waals surface area contributed by atoms with Crippen molar-refractivity contribution < 1.29 is 4.39 Å². The molecule has 5 heteroatoms. The van der Waals surface area contributed by atoms with Crippen LogP contribution in [0.25, 0.3) is 0 Å². The zero-order chi connectivity index (χ0) is 13.8. The normalized spacial score (nSPS) is 21.8. The lowest BCUT2D eigenvalue weighted by Crippen LogP contribution is -2.53. The van der Waals surface area contributed by atoms with Crippen molar-refractivity contribution in [2.24, 2.45) is 0 Å². The lowest BCUT2D eigenvalue weighted by atomic mass is 10.1. The van der Waals surface area contributed by atoms with Gasteiger partial charge in [0.1, 0.15) is 5.82 Å². The molecule has 1 fully saturated rings. The average molecular weight is 330 g/mol. The third kappa shape index (κ3) is 4.53. The average Bonchev–Trinajstić information content (AvgIpc) is 2.32. The number of nitrogens with one attached hydrogen (secondary N) is 1. The van der Waals surface area contributed by atoms with E-state index in [1.165, 1.54) is 6.07 Å². The minimum atomic E-state index is -0.194. The van der Waals surface area contributed by atoms with Gasteiger partial charge in [0.2, 0.25) is 0 Å². The Balaban J connectivity index is 1.82. The van der Waals surface area contributed by atoms with Gasteiger partial charge in [-0.15, -0.1) is 0 Å². The summed E-state index contributed by atoms with van der Waals surface area (Å²) in [6, 6.07) is 5.53. The van der Waals surface area contributed by atoms with Crippen molar-refractivity contribution in [2.45, 2.75) is 12.6 Å². The summed E-state index contributed by atoms with van der Waals surface area (Å²) < 4.78 is 14.0. The summed E-state index contributed by atoms with van der Waals surface area (Å²) in [4.78, 5) is 4.74. The molecule has 1 saturated heterocycles. The highest BCUT2D eigenvalue weighted by molar-refractivity contribution is 9.10. The summed E-state index contributed by atoms with van der Waals surface area (Å²) in [5.41, 5.74) is 0.971. The van der Waals surface area contributed by atoms with E-state index in [1.807, 2.05) is 6.07 Å². The molecule has 19 heavy (non-hydrogen) atoms. The Kier molecular flexibility index (Phi) is 5.33. The molecule has 0 aliphatic carbocycles. The van der Waals surface area contributed by atoms with E-state index in [0.29, 0.717) is 12.6 Å². The van der Waals surface area contributed by atoms with Crippen LogP contribution in [0, 0.1) is 5.82 Å². The number of nitrogens with zero attached hydrogens (tertiary/aromatic N) is 2. The Morgan fingerprint density at radius 1 is 1.32 bits per heavy atom. The molecule has 1 atom stereocenters. The highest BCUT2D eigenvalue weighted by Gasteiger charge is 2.21. The van der Waals surface area contributed by atoms with Crippen molar-refractivity contribution in [3.05, 3.63) is 34.1 Å². The molecule has 1 heterocycles. The quantitative estimate of drug-likeness (QED) is 0.910. The predicted molar refractivity (Wildman–Crippen MR) is 79.7 cm³/mol. The molecule has 0 bridgehead atoms. The second kappa shape index (κ2) is 6.79. The Labute approximate surface area is 122 Å². The van der Waals surface area contributed by atoms with Crippen LogP contribution >= 0.6 is 15.9 Å². The molecule has 3 nitrogen and oxygen atoms in total. The van der Waals surface area contributed by atoms with Crippen LogP contribution in [0.5, 0.6) is 0 Å². The summed E-state index contributed by atoms with van der Waals surface area (Å²) in [5.74, 6) is -0.194. The van der Waals surface area contributed by atoms with Crippen LogP contribution in [0.3, 0.4) is 0 Å². The van der Waals surface area contributed by atoms with Gasteiger partial charge in [0.15, 0.2) is 0 Å². The molecular formula is C14H21BrFN3. The van der Waals surface area contributed by atoms with E-state index in [9.17, 15) is 4.39 Å². The van der Waals surface area contributed by atoms with Gasteiger partial charge in [-0.1, -0.05) is 15.9 Å². The van der Waals surface area contributed by atoms with Crippen LogP contribution < -0.4 is 5.32 Å². The highest BCUT2D eigenvalue weighted by Crippen LogP contribution is 2.14. The van der Waals surface area contributed by atoms with Gasteiger partial charge in [0, 0.05) is 43.2 Å². The van der Waals surface area contributed by atoms with Crippen LogP contribution in [-0.2, 0) is 6.54 Å². The van der Waals surface area contributed by atoms with Gasteiger partial charge >= 0.3 is 0 Å². The molecule has 1 unspecified atom stereocenters. The fourth-order valence-electron chi connectivity index (χ4n) is 2.42. The number of halogens is 2. The largest absolute Gasteiger partial charge is 0.311 e. The van der Waals surface area contributed by atoms with Gasteiger partial charge in [-0.3, -0.25) is 4.90 Å². The fraction of sp³-hybridized carbons (Fsp3) is 0.571. The maximum Gasteiger partial charge on any atom is 0.124 e. The number of hydrogen-bond donors (Lipinski definition) is 1. The molecule has 106 valence electrons. The summed E-state index contributed by atoms with van der Waals surface area (Å²) in [6.45, 7) is 4.94. The number of likely N-dealkylation sites (N-methyl/N-ethyl adjacent to an activating group) is 2. The Morgan fingerprint density at radius 3 is 2.84 bits per heavy atom. The summed E-state index contributed by atoms with van der Waals surface area (Å²) in [5, 5.41) is 3.42. The predicted octanol–water partition coefficient (Wildman–Crippen LogP) is 1.92. The first-order chi connectivity index (χ1) is 9.04. The number of piperazine rings is 1. The maximum absolute atomic E-state index is 13.3. The molecule has 1 aliphatic heterocycles. The molecule has 0 radical (unpaired) electrons. The molecular weight excluding hydrogens is 309 g/mol. The van der Waals surface area contributed by atoms with E-state index < -0.39 is 0 Å². The third-order valence-corrected chi connectivity index (χ3v) is 4.07. The van der Waals surface area contributed by atoms with Crippen molar-refractivity contribution in [1.29, 1.82) is 0 Å². The van der Waals surface area contributed by atoms with Crippen LogP contribution in [0.4, 0.5) is 4.39 Å². The molecule has 2 rings (SSSR count). The molecule has 0 aromatic heterocycles. The molecule has 0 spiro atoms. The van der Waals surface area contributed by atoms with Gasteiger partial charge in [-0.05, 0) is 37.9 Å². The molecule has 0 amide bonds. The molecule has 1 aromatic carbocycles. The van der Waals surface area contributed by atoms with Gasteiger partial charge in [-0.25, -0.2) is 4.39 Å².